The zero-order valence-corrected chi connectivity index (χ0v) is 15.1. The largest absolute Gasteiger partial charge is 0.497 e. The molecule has 2 aromatic heterocycles. The van der Waals surface area contributed by atoms with E-state index in [0.29, 0.717) is 12.4 Å². The smallest absolute Gasteiger partial charge is 0.235 e. The van der Waals surface area contributed by atoms with E-state index in [9.17, 15) is 0 Å². The highest BCUT2D eigenvalue weighted by atomic mass is 32.1. The molecule has 0 N–H and O–H groups in total. The normalized spacial score (nSPS) is 10.8. The number of hydrogen-bond acceptors (Lipinski definition) is 7. The zero-order chi connectivity index (χ0) is 17.9. The monoisotopic (exact) mass is 368 g/mol. The first-order valence-corrected chi connectivity index (χ1v) is 8.71. The van der Waals surface area contributed by atoms with E-state index < -0.39 is 0 Å². The minimum absolute atomic E-state index is 0.350. The van der Waals surface area contributed by atoms with Gasteiger partial charge in [0, 0.05) is 11.6 Å². The van der Waals surface area contributed by atoms with Gasteiger partial charge in [-0.15, -0.1) is 10.2 Å². The molecule has 0 aliphatic heterocycles. The van der Waals surface area contributed by atoms with Crippen molar-refractivity contribution < 1.29 is 14.2 Å². The summed E-state index contributed by atoms with van der Waals surface area (Å²) in [6.07, 6.45) is 0. The Bertz CT molecular complexity index is 1030. The number of hydrogen-bond donors (Lipinski definition) is 0. The summed E-state index contributed by atoms with van der Waals surface area (Å²) in [5.74, 6) is 2.96. The molecule has 0 spiro atoms. The summed E-state index contributed by atoms with van der Waals surface area (Å²) in [4.78, 5) is 0.722. The molecule has 26 heavy (non-hydrogen) atoms. The van der Waals surface area contributed by atoms with Crippen molar-refractivity contribution >= 4 is 16.3 Å². The summed E-state index contributed by atoms with van der Waals surface area (Å²) in [5.41, 5.74) is 0.920. The fraction of sp³-hybridized carbons (Fsp3) is 0.167. The van der Waals surface area contributed by atoms with Crippen LogP contribution in [-0.4, -0.2) is 34.0 Å². The summed E-state index contributed by atoms with van der Waals surface area (Å²) in [6.45, 7) is 0.350. The molecule has 7 nitrogen and oxygen atoms in total. The predicted molar refractivity (Wildman–Crippen MR) is 98.0 cm³/mol. The molecule has 0 atom stereocenters. The highest BCUT2D eigenvalue weighted by Gasteiger charge is 2.14. The fourth-order valence-electron chi connectivity index (χ4n) is 2.47. The Morgan fingerprint density at radius 2 is 1.69 bits per heavy atom. The van der Waals surface area contributed by atoms with Gasteiger partial charge < -0.3 is 14.2 Å². The molecule has 132 valence electrons. The summed E-state index contributed by atoms with van der Waals surface area (Å²) in [5, 5.41) is 13.8. The minimum atomic E-state index is 0.350. The second kappa shape index (κ2) is 7.01. The van der Waals surface area contributed by atoms with E-state index in [0.717, 1.165) is 32.8 Å². The van der Waals surface area contributed by atoms with E-state index >= 15 is 0 Å². The third kappa shape index (κ3) is 3.18. The van der Waals surface area contributed by atoms with Gasteiger partial charge in [-0.3, -0.25) is 0 Å². The molecule has 0 aliphatic rings. The van der Waals surface area contributed by atoms with Gasteiger partial charge in [0.2, 0.25) is 4.96 Å². The van der Waals surface area contributed by atoms with Gasteiger partial charge in [0.1, 0.15) is 23.9 Å². The number of methoxy groups -OCH3 is 2. The molecular formula is C18H16N4O3S. The molecule has 4 aromatic rings. The Morgan fingerprint density at radius 3 is 2.46 bits per heavy atom. The quantitative estimate of drug-likeness (QED) is 0.519. The van der Waals surface area contributed by atoms with Crippen molar-refractivity contribution in [3.63, 3.8) is 0 Å². The third-order valence-corrected chi connectivity index (χ3v) is 4.66. The highest BCUT2D eigenvalue weighted by Crippen LogP contribution is 2.25. The van der Waals surface area contributed by atoms with E-state index in [4.69, 9.17) is 14.2 Å². The second-order valence-corrected chi connectivity index (χ2v) is 6.45. The van der Waals surface area contributed by atoms with E-state index in [1.165, 1.54) is 11.3 Å². The molecule has 0 radical (unpaired) electrons. The first-order valence-electron chi connectivity index (χ1n) is 7.89. The zero-order valence-electron chi connectivity index (χ0n) is 14.2. The van der Waals surface area contributed by atoms with Gasteiger partial charge in [-0.2, -0.15) is 9.61 Å². The molecule has 2 heterocycles. The molecule has 0 saturated carbocycles. The van der Waals surface area contributed by atoms with Gasteiger partial charge in [0.15, 0.2) is 10.8 Å². The first-order chi connectivity index (χ1) is 12.8. The number of ether oxygens (including phenoxy) is 3. The van der Waals surface area contributed by atoms with Crippen molar-refractivity contribution in [3.05, 3.63) is 53.5 Å². The second-order valence-electron chi connectivity index (χ2n) is 5.41. The van der Waals surface area contributed by atoms with Crippen LogP contribution in [0.4, 0.5) is 0 Å². The maximum Gasteiger partial charge on any atom is 0.235 e. The highest BCUT2D eigenvalue weighted by molar-refractivity contribution is 7.16. The number of fused-ring (bicyclic) bond motifs is 1. The number of nitrogens with zero attached hydrogens (tertiary/aromatic N) is 4. The van der Waals surface area contributed by atoms with E-state index in [2.05, 4.69) is 15.3 Å². The lowest BCUT2D eigenvalue weighted by Gasteiger charge is -2.05. The topological polar surface area (TPSA) is 70.8 Å². The Hall–Kier alpha value is -3.13. The van der Waals surface area contributed by atoms with Crippen LogP contribution in [0.1, 0.15) is 5.01 Å². The minimum Gasteiger partial charge on any atom is -0.497 e. The Kier molecular flexibility index (Phi) is 4.40. The molecule has 2 aromatic carbocycles. The van der Waals surface area contributed by atoms with Crippen molar-refractivity contribution in [2.45, 2.75) is 6.61 Å². The van der Waals surface area contributed by atoms with Crippen LogP contribution in [0.3, 0.4) is 0 Å². The van der Waals surface area contributed by atoms with Crippen LogP contribution in [0.25, 0.3) is 16.3 Å². The standard InChI is InChI=1S/C18H16N4O3S/c1-23-13-8-6-12(7-9-13)17-19-20-18-22(17)21-16(26-18)11-25-15-5-3-4-14(10-15)24-2/h3-10H,11H2,1-2H3. The maximum atomic E-state index is 5.80. The van der Waals surface area contributed by atoms with Crippen LogP contribution < -0.4 is 14.2 Å². The van der Waals surface area contributed by atoms with Gasteiger partial charge >= 0.3 is 0 Å². The summed E-state index contributed by atoms with van der Waals surface area (Å²) in [6, 6.07) is 15.1. The molecule has 0 aliphatic carbocycles. The van der Waals surface area contributed by atoms with Gasteiger partial charge in [-0.25, -0.2) is 0 Å². The van der Waals surface area contributed by atoms with Crippen LogP contribution in [0.15, 0.2) is 48.5 Å². The summed E-state index contributed by atoms with van der Waals surface area (Å²) in [7, 11) is 3.27. The number of aromatic nitrogens is 4. The number of rotatable bonds is 6. The molecule has 0 amide bonds. The van der Waals surface area contributed by atoms with Gasteiger partial charge in [0.05, 0.1) is 14.2 Å². The van der Waals surface area contributed by atoms with Crippen LogP contribution in [0.2, 0.25) is 0 Å². The SMILES string of the molecule is COc1ccc(-c2nnc3sc(COc4cccc(OC)c4)nn23)cc1. The van der Waals surface area contributed by atoms with Crippen LogP contribution in [0.5, 0.6) is 17.2 Å². The lowest BCUT2D eigenvalue weighted by Crippen LogP contribution is -1.97. The van der Waals surface area contributed by atoms with Crippen LogP contribution in [-0.2, 0) is 6.61 Å². The molecular weight excluding hydrogens is 352 g/mol. The molecule has 0 unspecified atom stereocenters. The van der Waals surface area contributed by atoms with E-state index in [1.807, 2.05) is 48.5 Å². The van der Waals surface area contributed by atoms with Crippen molar-refractivity contribution in [2.75, 3.05) is 14.2 Å². The summed E-state index contributed by atoms with van der Waals surface area (Å²) >= 11 is 1.45. The fourth-order valence-corrected chi connectivity index (χ4v) is 3.22. The molecule has 0 bridgehead atoms. The van der Waals surface area contributed by atoms with Crippen LogP contribution in [0, 0.1) is 0 Å². The predicted octanol–water partition coefficient (Wildman–Crippen LogP) is 3.45. The Labute approximate surface area is 153 Å². The van der Waals surface area contributed by atoms with E-state index in [-0.39, 0.29) is 0 Å². The molecule has 4 rings (SSSR count). The van der Waals surface area contributed by atoms with E-state index in [1.54, 1.807) is 18.7 Å². The van der Waals surface area contributed by atoms with Crippen molar-refractivity contribution in [1.82, 2.24) is 19.8 Å². The Balaban J connectivity index is 1.55. The first kappa shape index (κ1) is 16.3. The van der Waals surface area contributed by atoms with Gasteiger partial charge in [-0.1, -0.05) is 17.4 Å². The molecule has 0 saturated heterocycles. The van der Waals surface area contributed by atoms with Crippen molar-refractivity contribution in [1.29, 1.82) is 0 Å². The molecule has 0 fully saturated rings. The van der Waals surface area contributed by atoms with Crippen molar-refractivity contribution in [3.8, 4) is 28.6 Å². The van der Waals surface area contributed by atoms with Gasteiger partial charge in [-0.05, 0) is 36.4 Å². The lowest BCUT2D eigenvalue weighted by atomic mass is 10.2. The molecule has 8 heteroatoms. The third-order valence-electron chi connectivity index (χ3n) is 3.78. The maximum absolute atomic E-state index is 5.80. The number of benzene rings is 2. The Morgan fingerprint density at radius 1 is 0.923 bits per heavy atom. The average molecular weight is 368 g/mol. The average Bonchev–Trinajstić information content (AvgIpc) is 3.27. The van der Waals surface area contributed by atoms with Crippen LogP contribution >= 0.6 is 11.3 Å². The van der Waals surface area contributed by atoms with Crippen molar-refractivity contribution in [2.24, 2.45) is 0 Å². The summed E-state index contributed by atoms with van der Waals surface area (Å²) < 4.78 is 17.9. The van der Waals surface area contributed by atoms with Gasteiger partial charge in [0.25, 0.3) is 0 Å². The lowest BCUT2D eigenvalue weighted by molar-refractivity contribution is 0.301.